The quantitative estimate of drug-likeness (QED) is 0.623. The van der Waals surface area contributed by atoms with Gasteiger partial charge in [0.05, 0.1) is 6.61 Å². The fourth-order valence-corrected chi connectivity index (χ4v) is 1.32. The van der Waals surface area contributed by atoms with Gasteiger partial charge in [-0.3, -0.25) is 0 Å². The van der Waals surface area contributed by atoms with Crippen molar-refractivity contribution in [2.45, 2.75) is 26.7 Å². The van der Waals surface area contributed by atoms with Crippen molar-refractivity contribution in [3.8, 4) is 6.01 Å². The third-order valence-electron chi connectivity index (χ3n) is 2.23. The lowest BCUT2D eigenvalue weighted by Gasteiger charge is -2.09. The van der Waals surface area contributed by atoms with Gasteiger partial charge < -0.3 is 20.1 Å². The molecule has 0 aliphatic heterocycles. The Morgan fingerprint density at radius 1 is 1.05 bits per heavy atom. The summed E-state index contributed by atoms with van der Waals surface area (Å²) in [6.45, 7) is 6.83. The molecule has 0 saturated carbocycles. The van der Waals surface area contributed by atoms with Gasteiger partial charge in [-0.2, -0.15) is 15.0 Å². The molecule has 19 heavy (non-hydrogen) atoms. The highest BCUT2D eigenvalue weighted by molar-refractivity contribution is 5.35. The minimum Gasteiger partial charge on any atom is -0.463 e. The number of nitrogens with one attached hydrogen (secondary N) is 2. The Morgan fingerprint density at radius 2 is 1.84 bits per heavy atom. The van der Waals surface area contributed by atoms with Gasteiger partial charge in [-0.15, -0.1) is 0 Å². The molecule has 0 aromatic carbocycles. The van der Waals surface area contributed by atoms with Crippen LogP contribution in [-0.2, 0) is 4.74 Å². The molecular weight excluding hydrogens is 246 g/mol. The fourth-order valence-electron chi connectivity index (χ4n) is 1.32. The van der Waals surface area contributed by atoms with Crippen LogP contribution in [0.3, 0.4) is 0 Å². The zero-order valence-electron chi connectivity index (χ0n) is 11.9. The van der Waals surface area contributed by atoms with Gasteiger partial charge in [0.1, 0.15) is 0 Å². The van der Waals surface area contributed by atoms with E-state index in [2.05, 4.69) is 25.6 Å². The molecule has 0 fully saturated rings. The zero-order valence-corrected chi connectivity index (χ0v) is 11.9. The third kappa shape index (κ3) is 6.19. The molecule has 1 rings (SSSR count). The number of ether oxygens (including phenoxy) is 2. The second-order valence-corrected chi connectivity index (χ2v) is 3.84. The van der Waals surface area contributed by atoms with Gasteiger partial charge >= 0.3 is 6.01 Å². The molecule has 0 unspecified atom stereocenters. The van der Waals surface area contributed by atoms with Gasteiger partial charge in [0, 0.05) is 26.8 Å². The first kappa shape index (κ1) is 15.4. The second-order valence-electron chi connectivity index (χ2n) is 3.84. The molecule has 0 spiro atoms. The van der Waals surface area contributed by atoms with Gasteiger partial charge in [0.25, 0.3) is 0 Å². The molecule has 1 heterocycles. The maximum Gasteiger partial charge on any atom is 0.323 e. The van der Waals surface area contributed by atoms with E-state index >= 15 is 0 Å². The highest BCUT2D eigenvalue weighted by atomic mass is 16.5. The van der Waals surface area contributed by atoms with Crippen LogP contribution in [-0.4, -0.2) is 48.4 Å². The average Bonchev–Trinajstić information content (AvgIpc) is 2.44. The lowest BCUT2D eigenvalue weighted by molar-refractivity contribution is 0.147. The summed E-state index contributed by atoms with van der Waals surface area (Å²) in [5, 5.41) is 6.02. The summed E-state index contributed by atoms with van der Waals surface area (Å²) in [6.07, 6.45) is 1.82. The topological polar surface area (TPSA) is 81.2 Å². The monoisotopic (exact) mass is 269 g/mol. The molecular formula is C12H23N5O2. The highest BCUT2D eigenvalue weighted by Gasteiger charge is 2.05. The summed E-state index contributed by atoms with van der Waals surface area (Å²) in [7, 11) is 1.76. The van der Waals surface area contributed by atoms with Gasteiger partial charge in [-0.25, -0.2) is 0 Å². The number of hydrogen-bond donors (Lipinski definition) is 2. The predicted octanol–water partition coefficient (Wildman–Crippen LogP) is 1.54. The van der Waals surface area contributed by atoms with Crippen LogP contribution >= 0.6 is 0 Å². The molecule has 0 bridgehead atoms. The number of rotatable bonds is 10. The lowest BCUT2D eigenvalue weighted by Crippen LogP contribution is -2.12. The minimum absolute atomic E-state index is 0.341. The lowest BCUT2D eigenvalue weighted by atomic mass is 10.4. The molecule has 0 atom stereocenters. The molecule has 7 nitrogen and oxygen atoms in total. The van der Waals surface area contributed by atoms with Crippen LogP contribution in [0.5, 0.6) is 6.01 Å². The largest absolute Gasteiger partial charge is 0.463 e. The van der Waals surface area contributed by atoms with Crippen molar-refractivity contribution in [2.75, 3.05) is 44.0 Å². The Labute approximate surface area is 114 Å². The van der Waals surface area contributed by atoms with Gasteiger partial charge in [0.15, 0.2) is 0 Å². The second kappa shape index (κ2) is 9.32. The maximum atomic E-state index is 5.42. The molecule has 0 radical (unpaired) electrons. The van der Waals surface area contributed by atoms with Gasteiger partial charge in [-0.1, -0.05) is 6.92 Å². The Kier molecular flexibility index (Phi) is 7.57. The maximum absolute atomic E-state index is 5.42. The van der Waals surface area contributed by atoms with Crippen molar-refractivity contribution in [3.05, 3.63) is 0 Å². The molecule has 1 aromatic rings. The van der Waals surface area contributed by atoms with E-state index in [0.717, 1.165) is 32.6 Å². The van der Waals surface area contributed by atoms with Crippen LogP contribution in [0.4, 0.5) is 11.9 Å². The summed E-state index contributed by atoms with van der Waals surface area (Å²) >= 11 is 0. The van der Waals surface area contributed by atoms with Crippen molar-refractivity contribution in [1.29, 1.82) is 0 Å². The predicted molar refractivity (Wildman–Crippen MR) is 74.8 cm³/mol. The van der Waals surface area contributed by atoms with Crippen molar-refractivity contribution >= 4 is 11.9 Å². The molecule has 0 saturated heterocycles. The molecule has 7 heteroatoms. The van der Waals surface area contributed by atoms with Crippen LogP contribution in [0, 0.1) is 0 Å². The number of aromatic nitrogens is 3. The van der Waals surface area contributed by atoms with Gasteiger partial charge in [-0.05, 0) is 19.8 Å². The van der Waals surface area contributed by atoms with E-state index in [0.29, 0.717) is 24.5 Å². The first-order valence-corrected chi connectivity index (χ1v) is 6.68. The Morgan fingerprint density at radius 3 is 2.53 bits per heavy atom. The Hall–Kier alpha value is -1.63. The van der Waals surface area contributed by atoms with E-state index in [1.54, 1.807) is 7.05 Å². The van der Waals surface area contributed by atoms with Crippen molar-refractivity contribution in [3.63, 3.8) is 0 Å². The van der Waals surface area contributed by atoms with Crippen LogP contribution in [0.15, 0.2) is 0 Å². The fraction of sp³-hybridized carbons (Fsp3) is 0.750. The van der Waals surface area contributed by atoms with E-state index in [1.807, 2.05) is 13.8 Å². The first-order valence-electron chi connectivity index (χ1n) is 6.68. The Bertz CT molecular complexity index is 362. The van der Waals surface area contributed by atoms with Crippen molar-refractivity contribution in [1.82, 2.24) is 15.0 Å². The van der Waals surface area contributed by atoms with E-state index < -0.39 is 0 Å². The third-order valence-corrected chi connectivity index (χ3v) is 2.23. The molecule has 0 aliphatic rings. The first-order chi connectivity index (χ1) is 9.30. The number of hydrogen-bond acceptors (Lipinski definition) is 7. The Balaban J connectivity index is 2.50. The SMILES string of the molecule is CCCOc1nc(NC)nc(NCCCOCC)n1. The number of nitrogens with zero attached hydrogens (tertiary/aromatic N) is 3. The van der Waals surface area contributed by atoms with E-state index in [4.69, 9.17) is 9.47 Å². The normalized spacial score (nSPS) is 10.3. The summed E-state index contributed by atoms with van der Waals surface area (Å²) in [4.78, 5) is 12.5. The van der Waals surface area contributed by atoms with E-state index in [1.165, 1.54) is 0 Å². The summed E-state index contributed by atoms with van der Waals surface area (Å²) in [5.41, 5.74) is 0. The van der Waals surface area contributed by atoms with Crippen LogP contribution in [0.25, 0.3) is 0 Å². The van der Waals surface area contributed by atoms with Crippen molar-refractivity contribution < 1.29 is 9.47 Å². The molecule has 1 aromatic heterocycles. The minimum atomic E-state index is 0.341. The highest BCUT2D eigenvalue weighted by Crippen LogP contribution is 2.10. The summed E-state index contributed by atoms with van der Waals surface area (Å²) in [5.74, 6) is 1.01. The smallest absolute Gasteiger partial charge is 0.323 e. The molecule has 2 N–H and O–H groups in total. The van der Waals surface area contributed by atoms with Crippen LogP contribution in [0.1, 0.15) is 26.7 Å². The van der Waals surface area contributed by atoms with E-state index in [-0.39, 0.29) is 0 Å². The van der Waals surface area contributed by atoms with E-state index in [9.17, 15) is 0 Å². The number of anilines is 2. The summed E-state index contributed by atoms with van der Waals surface area (Å²) in [6, 6.07) is 0.341. The zero-order chi connectivity index (χ0) is 13.9. The summed E-state index contributed by atoms with van der Waals surface area (Å²) < 4.78 is 10.7. The molecule has 108 valence electrons. The molecule has 0 aliphatic carbocycles. The average molecular weight is 269 g/mol. The van der Waals surface area contributed by atoms with Crippen LogP contribution < -0.4 is 15.4 Å². The molecule has 0 amide bonds. The van der Waals surface area contributed by atoms with Crippen LogP contribution in [0.2, 0.25) is 0 Å². The standard InChI is InChI=1S/C12H23N5O2/c1-4-8-19-12-16-10(13-3)15-11(17-12)14-7-6-9-18-5-2/h4-9H2,1-3H3,(H2,13,14,15,16,17). The van der Waals surface area contributed by atoms with Gasteiger partial charge in [0.2, 0.25) is 11.9 Å². The van der Waals surface area contributed by atoms with Crippen molar-refractivity contribution in [2.24, 2.45) is 0 Å².